The Kier molecular flexibility index (Phi) is 9.03. The maximum absolute atomic E-state index is 13.1. The average molecular weight is 498 g/mol. The Morgan fingerprint density at radius 3 is 2.41 bits per heavy atom. The van der Waals surface area contributed by atoms with Gasteiger partial charge in [-0.05, 0) is 51.4 Å². The number of likely N-dealkylation sites (N-methyl/N-ethyl adjacent to an activating group) is 1. The van der Waals surface area contributed by atoms with Gasteiger partial charge in [0.05, 0.1) is 28.0 Å². The third-order valence-electron chi connectivity index (χ3n) is 4.85. The maximum Gasteiger partial charge on any atom is 0.229 e. The van der Waals surface area contributed by atoms with E-state index >= 15 is 0 Å². The first kappa shape index (κ1) is 26.1. The van der Waals surface area contributed by atoms with E-state index in [1.807, 2.05) is 44.1 Å². The summed E-state index contributed by atoms with van der Waals surface area (Å²) in [5, 5.41) is 0.558. The fourth-order valence-corrected chi connectivity index (χ4v) is 5.25. The van der Waals surface area contributed by atoms with Crippen molar-refractivity contribution in [1.82, 2.24) is 9.88 Å². The Hall–Kier alpha value is -2.20. The number of anilines is 1. The third kappa shape index (κ3) is 6.41. The molecule has 2 aromatic carbocycles. The summed E-state index contributed by atoms with van der Waals surface area (Å²) in [5.74, 6) is 0.216. The Morgan fingerprint density at radius 1 is 1.09 bits per heavy atom. The number of fused-ring (bicyclic) bond motifs is 1. The molecular formula is C22H28ClN3O4S2. The van der Waals surface area contributed by atoms with E-state index in [0.29, 0.717) is 18.2 Å². The number of hydrogen-bond acceptors (Lipinski definition) is 7. The molecule has 3 aromatic rings. The normalized spacial score (nSPS) is 11.4. The number of halogens is 1. The third-order valence-corrected chi connectivity index (χ3v) is 7.62. The van der Waals surface area contributed by atoms with Gasteiger partial charge in [-0.25, -0.2) is 13.4 Å². The van der Waals surface area contributed by atoms with Gasteiger partial charge in [0.25, 0.3) is 0 Å². The highest BCUT2D eigenvalue weighted by Gasteiger charge is 2.23. The van der Waals surface area contributed by atoms with Crippen molar-refractivity contribution in [3.63, 3.8) is 0 Å². The number of aromatic nitrogens is 1. The van der Waals surface area contributed by atoms with E-state index in [4.69, 9.17) is 4.74 Å². The van der Waals surface area contributed by atoms with Crippen molar-refractivity contribution >= 4 is 54.8 Å². The summed E-state index contributed by atoms with van der Waals surface area (Å²) in [5.41, 5.74) is 1.76. The molecule has 0 unspecified atom stereocenters. The molecular weight excluding hydrogens is 470 g/mol. The van der Waals surface area contributed by atoms with Gasteiger partial charge in [0.2, 0.25) is 5.91 Å². The van der Waals surface area contributed by atoms with Gasteiger partial charge in [0, 0.05) is 19.5 Å². The largest absolute Gasteiger partial charge is 0.497 e. The molecule has 0 aliphatic carbocycles. The second-order valence-electron chi connectivity index (χ2n) is 7.56. The minimum absolute atomic E-state index is 0. The molecule has 7 nitrogen and oxygen atoms in total. The molecule has 0 radical (unpaired) electrons. The summed E-state index contributed by atoms with van der Waals surface area (Å²) in [6.07, 6.45) is -0.108. The number of thiazole rings is 1. The van der Waals surface area contributed by atoms with Crippen LogP contribution in [-0.4, -0.2) is 64.3 Å². The topological polar surface area (TPSA) is 79.8 Å². The molecule has 0 fully saturated rings. The molecule has 32 heavy (non-hydrogen) atoms. The van der Waals surface area contributed by atoms with Crippen molar-refractivity contribution in [2.75, 3.05) is 44.9 Å². The molecule has 0 saturated heterocycles. The lowest BCUT2D eigenvalue weighted by atomic mass is 10.2. The number of rotatable bonds is 9. The van der Waals surface area contributed by atoms with Crippen LogP contribution < -0.4 is 9.64 Å². The number of amides is 1. The van der Waals surface area contributed by atoms with Gasteiger partial charge in [0.15, 0.2) is 15.0 Å². The number of aryl methyl sites for hydroxylation is 1. The van der Waals surface area contributed by atoms with Crippen molar-refractivity contribution in [2.24, 2.45) is 0 Å². The Balaban J connectivity index is 0.00000363. The lowest BCUT2D eigenvalue weighted by Gasteiger charge is -2.22. The summed E-state index contributed by atoms with van der Waals surface area (Å²) in [6.45, 7) is 2.96. The molecule has 0 saturated carbocycles. The van der Waals surface area contributed by atoms with Crippen LogP contribution in [-0.2, 0) is 14.6 Å². The molecule has 10 heteroatoms. The highest BCUT2D eigenvalue weighted by Crippen LogP contribution is 2.31. The number of sulfone groups is 1. The first-order valence-corrected chi connectivity index (χ1v) is 12.4. The van der Waals surface area contributed by atoms with Crippen molar-refractivity contribution in [3.05, 3.63) is 48.0 Å². The van der Waals surface area contributed by atoms with Gasteiger partial charge in [-0.1, -0.05) is 29.0 Å². The molecule has 0 atom stereocenters. The SMILES string of the molecule is COc1ccc2nc(N(CCN(C)C)C(=O)CCS(=O)(=O)c3ccc(C)cc3)sc2c1.Cl. The van der Waals surface area contributed by atoms with Crippen molar-refractivity contribution < 1.29 is 17.9 Å². The van der Waals surface area contributed by atoms with E-state index in [2.05, 4.69) is 4.98 Å². The van der Waals surface area contributed by atoms with E-state index in [1.54, 1.807) is 36.3 Å². The smallest absolute Gasteiger partial charge is 0.229 e. The van der Waals surface area contributed by atoms with Crippen LogP contribution in [0.4, 0.5) is 5.13 Å². The fraction of sp³-hybridized carbons (Fsp3) is 0.364. The predicted molar refractivity (Wildman–Crippen MR) is 132 cm³/mol. The lowest BCUT2D eigenvalue weighted by molar-refractivity contribution is -0.118. The summed E-state index contributed by atoms with van der Waals surface area (Å²) < 4.78 is 31.5. The zero-order chi connectivity index (χ0) is 22.6. The van der Waals surface area contributed by atoms with Gasteiger partial charge in [-0.2, -0.15) is 0 Å². The van der Waals surface area contributed by atoms with Crippen LogP contribution in [0.2, 0.25) is 0 Å². The molecule has 1 heterocycles. The number of ether oxygens (including phenoxy) is 1. The van der Waals surface area contributed by atoms with Crippen molar-refractivity contribution in [3.8, 4) is 5.75 Å². The van der Waals surface area contributed by atoms with Crippen LogP contribution in [0.5, 0.6) is 5.75 Å². The van der Waals surface area contributed by atoms with Gasteiger partial charge in [0.1, 0.15) is 5.75 Å². The number of carbonyl (C=O) groups excluding carboxylic acids is 1. The molecule has 1 amide bonds. The standard InChI is InChI=1S/C22H27N3O4S2.ClH/c1-16-5-8-18(9-6-16)31(27,28)14-11-21(26)25(13-12-24(2)3)22-23-19-10-7-17(29-4)15-20(19)30-22;/h5-10,15H,11-14H2,1-4H3;1H. The fourth-order valence-electron chi connectivity index (χ4n) is 2.98. The van der Waals surface area contributed by atoms with Gasteiger partial charge < -0.3 is 9.64 Å². The lowest BCUT2D eigenvalue weighted by Crippen LogP contribution is -2.37. The summed E-state index contributed by atoms with van der Waals surface area (Å²) in [4.78, 5) is 21.5. The molecule has 174 valence electrons. The van der Waals surface area contributed by atoms with Crippen LogP contribution in [0.15, 0.2) is 47.4 Å². The highest BCUT2D eigenvalue weighted by atomic mass is 35.5. The number of carbonyl (C=O) groups is 1. The minimum Gasteiger partial charge on any atom is -0.497 e. The second-order valence-corrected chi connectivity index (χ2v) is 10.7. The molecule has 0 spiro atoms. The van der Waals surface area contributed by atoms with E-state index in [1.165, 1.54) is 11.3 Å². The van der Waals surface area contributed by atoms with Gasteiger partial charge in [-0.15, -0.1) is 12.4 Å². The number of hydrogen-bond donors (Lipinski definition) is 0. The van der Waals surface area contributed by atoms with E-state index in [0.717, 1.165) is 21.5 Å². The molecule has 0 aliphatic heterocycles. The zero-order valence-electron chi connectivity index (χ0n) is 18.6. The minimum atomic E-state index is -3.54. The van der Waals surface area contributed by atoms with Crippen LogP contribution in [0, 0.1) is 6.92 Å². The number of methoxy groups -OCH3 is 1. The number of nitrogens with zero attached hydrogens (tertiary/aromatic N) is 3. The monoisotopic (exact) mass is 497 g/mol. The number of benzene rings is 2. The highest BCUT2D eigenvalue weighted by molar-refractivity contribution is 7.91. The summed E-state index contributed by atoms with van der Waals surface area (Å²) >= 11 is 1.39. The quantitative estimate of drug-likeness (QED) is 0.447. The van der Waals surface area contributed by atoms with E-state index in [9.17, 15) is 13.2 Å². The average Bonchev–Trinajstić information content (AvgIpc) is 3.15. The maximum atomic E-state index is 13.1. The van der Waals surface area contributed by atoms with E-state index < -0.39 is 9.84 Å². The second kappa shape index (κ2) is 11.1. The predicted octanol–water partition coefficient (Wildman–Crippen LogP) is 3.79. The van der Waals surface area contributed by atoms with Crippen LogP contribution in [0.25, 0.3) is 10.2 Å². The molecule has 0 bridgehead atoms. The molecule has 1 aromatic heterocycles. The Labute approximate surface area is 199 Å². The van der Waals surface area contributed by atoms with Crippen LogP contribution in [0.1, 0.15) is 12.0 Å². The zero-order valence-corrected chi connectivity index (χ0v) is 21.0. The first-order valence-electron chi connectivity index (χ1n) is 9.89. The first-order chi connectivity index (χ1) is 14.7. The Morgan fingerprint density at radius 2 is 1.78 bits per heavy atom. The van der Waals surface area contributed by atoms with Crippen LogP contribution in [0.3, 0.4) is 0 Å². The Bertz CT molecular complexity index is 1160. The van der Waals surface area contributed by atoms with E-state index in [-0.39, 0.29) is 35.4 Å². The van der Waals surface area contributed by atoms with Crippen LogP contribution >= 0.6 is 23.7 Å². The summed E-state index contributed by atoms with van der Waals surface area (Å²) in [6, 6.07) is 12.2. The summed E-state index contributed by atoms with van der Waals surface area (Å²) in [7, 11) is 1.91. The van der Waals surface area contributed by atoms with Gasteiger partial charge in [-0.3, -0.25) is 9.69 Å². The van der Waals surface area contributed by atoms with Crippen molar-refractivity contribution in [1.29, 1.82) is 0 Å². The van der Waals surface area contributed by atoms with Gasteiger partial charge >= 0.3 is 0 Å². The molecule has 3 rings (SSSR count). The molecule has 0 N–H and O–H groups in total. The van der Waals surface area contributed by atoms with Crippen molar-refractivity contribution in [2.45, 2.75) is 18.2 Å². The molecule has 0 aliphatic rings.